The molecule has 18 heavy (non-hydrogen) atoms. The Bertz CT molecular complexity index is 469. The molecule has 0 atom stereocenters. The van der Waals surface area contributed by atoms with Gasteiger partial charge in [-0.1, -0.05) is 45.3 Å². The number of rotatable bonds is 3. The summed E-state index contributed by atoms with van der Waals surface area (Å²) in [6, 6.07) is 13.0. The van der Waals surface area contributed by atoms with Crippen LogP contribution in [0.25, 0.3) is 0 Å². The third kappa shape index (κ3) is 3.61. The predicted octanol–water partition coefficient (Wildman–Crippen LogP) is 4.99. The zero-order chi connectivity index (χ0) is 13.1. The highest BCUT2D eigenvalue weighted by atomic mass is 79.9. The van der Waals surface area contributed by atoms with E-state index in [1.165, 1.54) is 22.3 Å². The van der Waals surface area contributed by atoms with Crippen molar-refractivity contribution in [1.29, 1.82) is 0 Å². The van der Waals surface area contributed by atoms with E-state index in [2.05, 4.69) is 78.4 Å². The molecule has 0 aliphatic heterocycles. The number of benzene rings is 2. The van der Waals surface area contributed by atoms with Crippen molar-refractivity contribution >= 4 is 21.6 Å². The van der Waals surface area contributed by atoms with Crippen LogP contribution in [0.4, 0.5) is 5.69 Å². The quantitative estimate of drug-likeness (QED) is 0.842. The zero-order valence-electron chi connectivity index (χ0n) is 11.0. The summed E-state index contributed by atoms with van der Waals surface area (Å²) in [5, 5.41) is 3.47. The van der Waals surface area contributed by atoms with E-state index in [0.717, 1.165) is 16.7 Å². The van der Waals surface area contributed by atoms with E-state index < -0.39 is 0 Å². The summed E-state index contributed by atoms with van der Waals surface area (Å²) in [7, 11) is 0. The van der Waals surface area contributed by atoms with Crippen LogP contribution in [-0.4, -0.2) is 0 Å². The van der Waals surface area contributed by atoms with Crippen molar-refractivity contribution in [2.75, 3.05) is 5.32 Å². The lowest BCUT2D eigenvalue weighted by atomic mass is 10.1. The van der Waals surface area contributed by atoms with Gasteiger partial charge in [-0.3, -0.25) is 0 Å². The fourth-order valence-corrected chi connectivity index (χ4v) is 2.82. The maximum Gasteiger partial charge on any atom is 0.0400 e. The van der Waals surface area contributed by atoms with E-state index in [1.54, 1.807) is 0 Å². The average Bonchev–Trinajstić information content (AvgIpc) is 2.23. The summed E-state index contributed by atoms with van der Waals surface area (Å²) < 4.78 is 1.12. The molecular formula is C16H18BrN. The smallest absolute Gasteiger partial charge is 0.0400 e. The molecule has 0 aliphatic rings. The van der Waals surface area contributed by atoms with Gasteiger partial charge >= 0.3 is 0 Å². The van der Waals surface area contributed by atoms with E-state index in [9.17, 15) is 0 Å². The van der Waals surface area contributed by atoms with Crippen molar-refractivity contribution < 1.29 is 0 Å². The first kappa shape index (κ1) is 13.2. The van der Waals surface area contributed by atoms with Gasteiger partial charge in [-0.25, -0.2) is 0 Å². The molecule has 0 aliphatic carbocycles. The van der Waals surface area contributed by atoms with Gasteiger partial charge in [0.15, 0.2) is 0 Å². The Morgan fingerprint density at radius 3 is 2.06 bits per heavy atom. The van der Waals surface area contributed by atoms with Crippen molar-refractivity contribution in [2.45, 2.75) is 27.3 Å². The molecule has 0 spiro atoms. The van der Waals surface area contributed by atoms with Gasteiger partial charge in [0, 0.05) is 16.7 Å². The minimum Gasteiger partial charge on any atom is -0.381 e. The monoisotopic (exact) mass is 303 g/mol. The van der Waals surface area contributed by atoms with Crippen LogP contribution >= 0.6 is 15.9 Å². The van der Waals surface area contributed by atoms with E-state index >= 15 is 0 Å². The molecule has 0 fully saturated rings. The summed E-state index contributed by atoms with van der Waals surface area (Å²) in [6.07, 6.45) is 0. The van der Waals surface area contributed by atoms with Crippen LogP contribution < -0.4 is 5.32 Å². The number of halogens is 1. The van der Waals surface area contributed by atoms with E-state index in [-0.39, 0.29) is 0 Å². The normalized spacial score (nSPS) is 10.4. The molecule has 1 nitrogen and oxygen atoms in total. The largest absolute Gasteiger partial charge is 0.381 e. The van der Waals surface area contributed by atoms with Crippen LogP contribution in [-0.2, 0) is 6.54 Å². The van der Waals surface area contributed by atoms with Crippen LogP contribution in [0.2, 0.25) is 0 Å². The lowest BCUT2D eigenvalue weighted by Gasteiger charge is -2.10. The highest BCUT2D eigenvalue weighted by Gasteiger charge is 1.99. The molecule has 0 heterocycles. The zero-order valence-corrected chi connectivity index (χ0v) is 12.6. The van der Waals surface area contributed by atoms with Gasteiger partial charge in [0.05, 0.1) is 0 Å². The molecule has 0 bridgehead atoms. The minimum absolute atomic E-state index is 0.860. The van der Waals surface area contributed by atoms with Gasteiger partial charge in [0.25, 0.3) is 0 Å². The summed E-state index contributed by atoms with van der Waals surface area (Å²) >= 11 is 3.52. The molecular weight excluding hydrogens is 286 g/mol. The molecule has 2 aromatic carbocycles. The molecule has 2 heteroatoms. The molecule has 0 saturated heterocycles. The molecule has 0 unspecified atom stereocenters. The molecule has 2 aromatic rings. The van der Waals surface area contributed by atoms with Gasteiger partial charge in [-0.05, 0) is 50.1 Å². The fraction of sp³-hybridized carbons (Fsp3) is 0.250. The summed E-state index contributed by atoms with van der Waals surface area (Å²) in [5.74, 6) is 0. The summed E-state index contributed by atoms with van der Waals surface area (Å²) in [4.78, 5) is 0. The van der Waals surface area contributed by atoms with Crippen molar-refractivity contribution in [3.05, 3.63) is 63.1 Å². The van der Waals surface area contributed by atoms with Crippen LogP contribution in [0.1, 0.15) is 22.3 Å². The van der Waals surface area contributed by atoms with Gasteiger partial charge in [-0.15, -0.1) is 0 Å². The molecule has 0 aromatic heterocycles. The van der Waals surface area contributed by atoms with Crippen LogP contribution in [0.3, 0.4) is 0 Å². The number of anilines is 1. The second-order valence-electron chi connectivity index (χ2n) is 4.87. The van der Waals surface area contributed by atoms with Crippen molar-refractivity contribution in [3.63, 3.8) is 0 Å². The molecule has 1 N–H and O–H groups in total. The molecule has 2 rings (SSSR count). The Kier molecular flexibility index (Phi) is 4.07. The third-order valence-corrected chi connectivity index (χ3v) is 3.28. The number of nitrogens with one attached hydrogen (secondary N) is 1. The third-order valence-electron chi connectivity index (χ3n) is 2.82. The Hall–Kier alpha value is -1.28. The average molecular weight is 304 g/mol. The Morgan fingerprint density at radius 1 is 0.833 bits per heavy atom. The SMILES string of the molecule is Cc1cc(C)cc(CNc2cc(C)cc(Br)c2)c1. The maximum absolute atomic E-state index is 3.52. The van der Waals surface area contributed by atoms with E-state index in [0.29, 0.717) is 0 Å². The van der Waals surface area contributed by atoms with Crippen molar-refractivity contribution in [1.82, 2.24) is 0 Å². The lowest BCUT2D eigenvalue weighted by Crippen LogP contribution is -2.00. The predicted molar refractivity (Wildman–Crippen MR) is 82.1 cm³/mol. The van der Waals surface area contributed by atoms with Gasteiger partial charge in [-0.2, -0.15) is 0 Å². The standard InChI is InChI=1S/C16H18BrN/c1-11-4-12(2)6-14(5-11)10-18-16-8-13(3)7-15(17)9-16/h4-9,18H,10H2,1-3H3. The topological polar surface area (TPSA) is 12.0 Å². The first-order chi connectivity index (χ1) is 8.52. The van der Waals surface area contributed by atoms with E-state index in [4.69, 9.17) is 0 Å². The van der Waals surface area contributed by atoms with Crippen LogP contribution in [0, 0.1) is 20.8 Å². The van der Waals surface area contributed by atoms with Gasteiger partial charge < -0.3 is 5.32 Å². The van der Waals surface area contributed by atoms with Crippen molar-refractivity contribution in [3.8, 4) is 0 Å². The molecule has 94 valence electrons. The van der Waals surface area contributed by atoms with Crippen LogP contribution in [0.15, 0.2) is 40.9 Å². The number of hydrogen-bond acceptors (Lipinski definition) is 1. The second kappa shape index (κ2) is 5.57. The minimum atomic E-state index is 0.860. The first-order valence-corrected chi connectivity index (χ1v) is 6.90. The summed E-state index contributed by atoms with van der Waals surface area (Å²) in [5.41, 5.74) is 6.37. The Labute approximate surface area is 117 Å². The summed E-state index contributed by atoms with van der Waals surface area (Å²) in [6.45, 7) is 7.24. The first-order valence-electron chi connectivity index (χ1n) is 6.11. The Morgan fingerprint density at radius 2 is 1.44 bits per heavy atom. The number of aryl methyl sites for hydroxylation is 3. The highest BCUT2D eigenvalue weighted by molar-refractivity contribution is 9.10. The lowest BCUT2D eigenvalue weighted by molar-refractivity contribution is 1.13. The molecule has 0 saturated carbocycles. The molecule has 0 radical (unpaired) electrons. The maximum atomic E-state index is 3.52. The highest BCUT2D eigenvalue weighted by Crippen LogP contribution is 2.20. The van der Waals surface area contributed by atoms with Crippen LogP contribution in [0.5, 0.6) is 0 Å². The van der Waals surface area contributed by atoms with E-state index in [1.807, 2.05) is 0 Å². The number of hydrogen-bond donors (Lipinski definition) is 1. The second-order valence-corrected chi connectivity index (χ2v) is 5.78. The van der Waals surface area contributed by atoms with Gasteiger partial charge in [0.1, 0.15) is 0 Å². The van der Waals surface area contributed by atoms with Crippen molar-refractivity contribution in [2.24, 2.45) is 0 Å². The van der Waals surface area contributed by atoms with Gasteiger partial charge in [0.2, 0.25) is 0 Å². The fourth-order valence-electron chi connectivity index (χ4n) is 2.21. The molecule has 0 amide bonds. The Balaban J connectivity index is 2.11.